The molecule has 0 N–H and O–H groups in total. The van der Waals surface area contributed by atoms with Crippen LogP contribution in [0.3, 0.4) is 0 Å². The minimum atomic E-state index is -0.389. The summed E-state index contributed by atoms with van der Waals surface area (Å²) in [5, 5.41) is 0. The zero-order valence-corrected chi connectivity index (χ0v) is 13.7. The molecule has 2 amide bonds. The molecule has 0 bridgehead atoms. The quantitative estimate of drug-likeness (QED) is 0.851. The summed E-state index contributed by atoms with van der Waals surface area (Å²) in [6.45, 7) is 4.35. The molecule has 2 aromatic rings. The Hall–Kier alpha value is -2.69. The van der Waals surface area contributed by atoms with Crippen molar-refractivity contribution in [2.24, 2.45) is 0 Å². The van der Waals surface area contributed by atoms with Gasteiger partial charge in [0.1, 0.15) is 12.4 Å². The van der Waals surface area contributed by atoms with Gasteiger partial charge in [0.2, 0.25) is 5.91 Å². The lowest BCUT2D eigenvalue weighted by Crippen LogP contribution is -2.57. The molecule has 124 valence electrons. The molecule has 1 atom stereocenters. The van der Waals surface area contributed by atoms with Crippen molar-refractivity contribution in [3.05, 3.63) is 65.5 Å². The fourth-order valence-corrected chi connectivity index (χ4v) is 2.93. The van der Waals surface area contributed by atoms with Gasteiger partial charge in [-0.1, -0.05) is 12.1 Å². The number of halogens is 1. The Morgan fingerprint density at radius 1 is 1.17 bits per heavy atom. The molecule has 0 aliphatic carbocycles. The highest BCUT2D eigenvalue weighted by Gasteiger charge is 2.33. The number of rotatable bonds is 2. The average Bonchev–Trinajstić information content (AvgIpc) is 2.56. The van der Waals surface area contributed by atoms with Gasteiger partial charge in [0.05, 0.1) is 0 Å². The summed E-state index contributed by atoms with van der Waals surface area (Å²) >= 11 is 0. The molecule has 0 aromatic heterocycles. The van der Waals surface area contributed by atoms with E-state index in [1.807, 2.05) is 38.1 Å². The van der Waals surface area contributed by atoms with Crippen LogP contribution in [0, 0.1) is 12.7 Å². The normalized spacial score (nSPS) is 18.0. The lowest BCUT2D eigenvalue weighted by molar-refractivity contribution is -0.121. The minimum absolute atomic E-state index is 0.0192. The van der Waals surface area contributed by atoms with Crippen molar-refractivity contribution in [3.8, 4) is 0 Å². The monoisotopic (exact) mass is 326 g/mol. The minimum Gasteiger partial charge on any atom is -0.325 e. The van der Waals surface area contributed by atoms with Crippen LogP contribution < -0.4 is 4.90 Å². The highest BCUT2D eigenvalue weighted by atomic mass is 19.1. The van der Waals surface area contributed by atoms with Crippen LogP contribution in [-0.4, -0.2) is 35.8 Å². The number of benzene rings is 2. The first kappa shape index (κ1) is 16.2. The zero-order valence-electron chi connectivity index (χ0n) is 13.7. The van der Waals surface area contributed by atoms with E-state index in [1.165, 1.54) is 24.3 Å². The summed E-state index contributed by atoms with van der Waals surface area (Å²) in [5.74, 6) is -0.756. The number of hydrogen-bond donors (Lipinski definition) is 0. The molecular formula is C19H19FN2O2. The van der Waals surface area contributed by atoms with Crippen LogP contribution in [0.2, 0.25) is 0 Å². The lowest BCUT2D eigenvalue weighted by Gasteiger charge is -2.39. The first-order valence-electron chi connectivity index (χ1n) is 7.89. The van der Waals surface area contributed by atoms with Crippen LogP contribution in [0.5, 0.6) is 0 Å². The van der Waals surface area contributed by atoms with Crippen molar-refractivity contribution in [3.63, 3.8) is 0 Å². The molecule has 24 heavy (non-hydrogen) atoms. The molecule has 0 radical (unpaired) electrons. The molecule has 0 spiro atoms. The van der Waals surface area contributed by atoms with E-state index in [9.17, 15) is 14.0 Å². The molecule has 0 saturated carbocycles. The number of hydrogen-bond acceptors (Lipinski definition) is 2. The van der Waals surface area contributed by atoms with Crippen molar-refractivity contribution >= 4 is 17.5 Å². The van der Waals surface area contributed by atoms with Gasteiger partial charge in [-0.2, -0.15) is 0 Å². The summed E-state index contributed by atoms with van der Waals surface area (Å²) in [7, 11) is 0. The van der Waals surface area contributed by atoms with Crippen LogP contribution in [-0.2, 0) is 4.79 Å². The standard InChI is InChI=1S/C19H19FN2O2/c1-13-4-3-5-17(10-13)22-11-14(2)21(12-18(22)23)19(24)15-6-8-16(20)9-7-15/h3-10,14H,11-12H2,1-2H3. The second-order valence-corrected chi connectivity index (χ2v) is 6.13. The molecule has 2 aromatic carbocycles. The Bertz CT molecular complexity index is 773. The molecule has 1 unspecified atom stereocenters. The third-order valence-electron chi connectivity index (χ3n) is 4.25. The number of carbonyl (C=O) groups excluding carboxylic acids is 2. The van der Waals surface area contributed by atoms with Gasteiger partial charge in [-0.3, -0.25) is 9.59 Å². The van der Waals surface area contributed by atoms with E-state index in [2.05, 4.69) is 0 Å². The Morgan fingerprint density at radius 2 is 1.88 bits per heavy atom. The summed E-state index contributed by atoms with van der Waals surface area (Å²) in [5.41, 5.74) is 2.32. The molecule has 1 fully saturated rings. The van der Waals surface area contributed by atoms with Crippen molar-refractivity contribution in [2.75, 3.05) is 18.0 Å². The predicted octanol–water partition coefficient (Wildman–Crippen LogP) is 3.01. The molecule has 1 heterocycles. The molecular weight excluding hydrogens is 307 g/mol. The number of nitrogens with zero attached hydrogens (tertiary/aromatic N) is 2. The van der Waals surface area contributed by atoms with Gasteiger partial charge in [-0.25, -0.2) is 4.39 Å². The van der Waals surface area contributed by atoms with Gasteiger partial charge in [-0.05, 0) is 55.8 Å². The van der Waals surface area contributed by atoms with E-state index >= 15 is 0 Å². The fourth-order valence-electron chi connectivity index (χ4n) is 2.93. The Kier molecular flexibility index (Phi) is 4.34. The maximum Gasteiger partial charge on any atom is 0.254 e. The lowest BCUT2D eigenvalue weighted by atomic mass is 10.1. The summed E-state index contributed by atoms with van der Waals surface area (Å²) in [6, 6.07) is 13.0. The summed E-state index contributed by atoms with van der Waals surface area (Å²) in [6.07, 6.45) is 0. The largest absolute Gasteiger partial charge is 0.325 e. The van der Waals surface area contributed by atoms with Crippen LogP contribution in [0.15, 0.2) is 48.5 Å². The second kappa shape index (κ2) is 6.43. The van der Waals surface area contributed by atoms with E-state index < -0.39 is 0 Å². The third kappa shape index (κ3) is 3.15. The number of piperazine rings is 1. The number of anilines is 1. The van der Waals surface area contributed by atoms with Crippen molar-refractivity contribution < 1.29 is 14.0 Å². The van der Waals surface area contributed by atoms with Crippen LogP contribution in [0.1, 0.15) is 22.8 Å². The molecule has 1 saturated heterocycles. The smallest absolute Gasteiger partial charge is 0.254 e. The van der Waals surface area contributed by atoms with E-state index in [1.54, 1.807) is 9.80 Å². The Morgan fingerprint density at radius 3 is 2.54 bits per heavy atom. The second-order valence-electron chi connectivity index (χ2n) is 6.13. The van der Waals surface area contributed by atoms with Crippen molar-refractivity contribution in [2.45, 2.75) is 19.9 Å². The highest BCUT2D eigenvalue weighted by Crippen LogP contribution is 2.22. The predicted molar refractivity (Wildman–Crippen MR) is 90.4 cm³/mol. The Labute approximate surface area is 140 Å². The van der Waals surface area contributed by atoms with Crippen LogP contribution in [0.4, 0.5) is 10.1 Å². The average molecular weight is 326 g/mol. The van der Waals surface area contributed by atoms with Gasteiger partial charge < -0.3 is 9.80 Å². The summed E-state index contributed by atoms with van der Waals surface area (Å²) in [4.78, 5) is 28.4. The van der Waals surface area contributed by atoms with Crippen LogP contribution >= 0.6 is 0 Å². The maximum absolute atomic E-state index is 13.0. The SMILES string of the molecule is Cc1cccc(N2CC(C)N(C(=O)c3ccc(F)cc3)CC2=O)c1. The Balaban J connectivity index is 1.79. The van der Waals surface area contributed by atoms with Gasteiger partial charge >= 0.3 is 0 Å². The van der Waals surface area contributed by atoms with Crippen molar-refractivity contribution in [1.82, 2.24) is 4.90 Å². The topological polar surface area (TPSA) is 40.6 Å². The highest BCUT2D eigenvalue weighted by molar-refractivity contribution is 6.02. The number of aryl methyl sites for hydroxylation is 1. The van der Waals surface area contributed by atoms with E-state index in [0.29, 0.717) is 12.1 Å². The van der Waals surface area contributed by atoms with Crippen molar-refractivity contribution in [1.29, 1.82) is 0 Å². The zero-order chi connectivity index (χ0) is 17.3. The molecule has 4 nitrogen and oxygen atoms in total. The van der Waals surface area contributed by atoms with Gasteiger partial charge in [0.25, 0.3) is 5.91 Å². The van der Waals surface area contributed by atoms with Crippen LogP contribution in [0.25, 0.3) is 0 Å². The third-order valence-corrected chi connectivity index (χ3v) is 4.25. The van der Waals surface area contributed by atoms with E-state index in [4.69, 9.17) is 0 Å². The number of carbonyl (C=O) groups is 2. The first-order valence-corrected chi connectivity index (χ1v) is 7.89. The number of amides is 2. The fraction of sp³-hybridized carbons (Fsp3) is 0.263. The molecule has 5 heteroatoms. The maximum atomic E-state index is 13.0. The van der Waals surface area contributed by atoms with Gasteiger partial charge in [-0.15, -0.1) is 0 Å². The summed E-state index contributed by atoms with van der Waals surface area (Å²) < 4.78 is 13.0. The van der Waals surface area contributed by atoms with Gasteiger partial charge in [0, 0.05) is 23.8 Å². The van der Waals surface area contributed by atoms with E-state index in [-0.39, 0.29) is 30.2 Å². The van der Waals surface area contributed by atoms with E-state index in [0.717, 1.165) is 11.3 Å². The van der Waals surface area contributed by atoms with Gasteiger partial charge in [0.15, 0.2) is 0 Å². The molecule has 3 rings (SSSR count). The first-order chi connectivity index (χ1) is 11.5. The molecule has 1 aliphatic heterocycles. The molecule has 1 aliphatic rings.